The van der Waals surface area contributed by atoms with Crippen LogP contribution in [0.15, 0.2) is 5.38 Å². The van der Waals surface area contributed by atoms with Crippen molar-refractivity contribution in [2.75, 3.05) is 25.9 Å². The van der Waals surface area contributed by atoms with Crippen LogP contribution in [0.5, 0.6) is 0 Å². The van der Waals surface area contributed by atoms with Gasteiger partial charge in [-0.25, -0.2) is 18.1 Å². The van der Waals surface area contributed by atoms with Crippen LogP contribution in [0.4, 0.5) is 0 Å². The molecule has 0 amide bonds. The van der Waals surface area contributed by atoms with E-state index < -0.39 is 10.0 Å². The Labute approximate surface area is 125 Å². The van der Waals surface area contributed by atoms with Crippen LogP contribution in [0, 0.1) is 5.92 Å². The zero-order valence-electron chi connectivity index (χ0n) is 12.3. The lowest BCUT2D eigenvalue weighted by atomic mass is 10.1. The van der Waals surface area contributed by atoms with Gasteiger partial charge >= 0.3 is 0 Å². The maximum atomic E-state index is 11.1. The average molecular weight is 317 g/mol. The molecule has 0 spiro atoms. The highest BCUT2D eigenvalue weighted by Crippen LogP contribution is 2.22. The van der Waals surface area contributed by atoms with E-state index in [0.717, 1.165) is 31.1 Å². The standard InChI is InChI=1S/C13H23N3O2S2/c1-10(2)12-9-19-13(15-12)8-16-5-4-11(7-16)6-14-20(3,17)18/h9-11,14H,4-8H2,1-3H3/t11-/m0/s1. The molecule has 20 heavy (non-hydrogen) atoms. The van der Waals surface area contributed by atoms with Crippen LogP contribution in [0.3, 0.4) is 0 Å². The molecule has 1 N–H and O–H groups in total. The fourth-order valence-electron chi connectivity index (χ4n) is 2.35. The lowest BCUT2D eigenvalue weighted by Crippen LogP contribution is -2.30. The summed E-state index contributed by atoms with van der Waals surface area (Å²) in [6, 6.07) is 0. The van der Waals surface area contributed by atoms with Crippen molar-refractivity contribution in [3.8, 4) is 0 Å². The average Bonchev–Trinajstić information content (AvgIpc) is 2.95. The van der Waals surface area contributed by atoms with E-state index in [1.165, 1.54) is 11.9 Å². The Morgan fingerprint density at radius 3 is 2.90 bits per heavy atom. The molecule has 2 rings (SSSR count). The largest absolute Gasteiger partial charge is 0.296 e. The Kier molecular flexibility index (Phi) is 5.17. The van der Waals surface area contributed by atoms with Gasteiger partial charge in [0.1, 0.15) is 5.01 Å². The maximum absolute atomic E-state index is 11.1. The quantitative estimate of drug-likeness (QED) is 0.866. The van der Waals surface area contributed by atoms with Crippen molar-refractivity contribution in [3.05, 3.63) is 16.1 Å². The minimum absolute atomic E-state index is 0.411. The molecular weight excluding hydrogens is 294 g/mol. The summed E-state index contributed by atoms with van der Waals surface area (Å²) in [7, 11) is -3.07. The molecule has 7 heteroatoms. The fraction of sp³-hybridized carbons (Fsp3) is 0.769. The minimum Gasteiger partial charge on any atom is -0.296 e. The smallest absolute Gasteiger partial charge is 0.208 e. The molecule has 0 aliphatic carbocycles. The summed E-state index contributed by atoms with van der Waals surface area (Å²) in [5.41, 5.74) is 1.17. The summed E-state index contributed by atoms with van der Waals surface area (Å²) in [6.07, 6.45) is 2.26. The first kappa shape index (κ1) is 15.9. The third-order valence-electron chi connectivity index (χ3n) is 3.52. The summed E-state index contributed by atoms with van der Waals surface area (Å²) < 4.78 is 24.8. The zero-order chi connectivity index (χ0) is 14.8. The van der Waals surface area contributed by atoms with Crippen LogP contribution >= 0.6 is 11.3 Å². The van der Waals surface area contributed by atoms with Gasteiger partial charge in [-0.3, -0.25) is 4.90 Å². The predicted molar refractivity (Wildman–Crippen MR) is 82.4 cm³/mol. The maximum Gasteiger partial charge on any atom is 0.208 e. The Morgan fingerprint density at radius 2 is 2.30 bits per heavy atom. The van der Waals surface area contributed by atoms with E-state index in [1.54, 1.807) is 11.3 Å². The van der Waals surface area contributed by atoms with Crippen molar-refractivity contribution in [2.45, 2.75) is 32.7 Å². The molecule has 1 fully saturated rings. The van der Waals surface area contributed by atoms with E-state index in [0.29, 0.717) is 18.4 Å². The number of rotatable bonds is 6. The summed E-state index contributed by atoms with van der Waals surface area (Å²) >= 11 is 1.72. The molecule has 114 valence electrons. The van der Waals surface area contributed by atoms with E-state index in [2.05, 4.69) is 33.8 Å². The van der Waals surface area contributed by atoms with Crippen molar-refractivity contribution in [2.24, 2.45) is 5.92 Å². The van der Waals surface area contributed by atoms with Crippen LogP contribution < -0.4 is 4.72 Å². The van der Waals surface area contributed by atoms with Gasteiger partial charge in [-0.2, -0.15) is 0 Å². The van der Waals surface area contributed by atoms with Crippen molar-refractivity contribution < 1.29 is 8.42 Å². The van der Waals surface area contributed by atoms with E-state index in [-0.39, 0.29) is 0 Å². The van der Waals surface area contributed by atoms with E-state index >= 15 is 0 Å². The first-order valence-electron chi connectivity index (χ1n) is 6.95. The van der Waals surface area contributed by atoms with E-state index in [9.17, 15) is 8.42 Å². The van der Waals surface area contributed by atoms with Crippen molar-refractivity contribution in [1.29, 1.82) is 0 Å². The molecule has 1 aliphatic heterocycles. The lowest BCUT2D eigenvalue weighted by molar-refractivity contribution is 0.316. The Morgan fingerprint density at radius 1 is 1.55 bits per heavy atom. The number of likely N-dealkylation sites (tertiary alicyclic amines) is 1. The third kappa shape index (κ3) is 4.80. The fourth-order valence-corrected chi connectivity index (χ4v) is 3.88. The normalized spacial score (nSPS) is 20.9. The van der Waals surface area contributed by atoms with Gasteiger partial charge in [-0.15, -0.1) is 11.3 Å². The second-order valence-corrected chi connectivity index (χ2v) is 8.61. The molecule has 0 radical (unpaired) electrons. The van der Waals surface area contributed by atoms with Crippen LogP contribution in [-0.4, -0.2) is 44.2 Å². The highest BCUT2D eigenvalue weighted by molar-refractivity contribution is 7.88. The summed E-state index contributed by atoms with van der Waals surface area (Å²) in [6.45, 7) is 7.70. The van der Waals surface area contributed by atoms with Gasteiger partial charge in [0.15, 0.2) is 0 Å². The lowest BCUT2D eigenvalue weighted by Gasteiger charge is -2.14. The van der Waals surface area contributed by atoms with E-state index in [4.69, 9.17) is 0 Å². The van der Waals surface area contributed by atoms with Gasteiger partial charge in [0.2, 0.25) is 10.0 Å². The topological polar surface area (TPSA) is 62.3 Å². The SMILES string of the molecule is CC(C)c1csc(CN2CC[C@@H](CNS(C)(=O)=O)C2)n1. The molecule has 0 bridgehead atoms. The van der Waals surface area contributed by atoms with E-state index in [1.807, 2.05) is 0 Å². The summed E-state index contributed by atoms with van der Waals surface area (Å²) in [4.78, 5) is 7.01. The third-order valence-corrected chi connectivity index (χ3v) is 5.07. The van der Waals surface area contributed by atoms with Gasteiger partial charge < -0.3 is 0 Å². The molecule has 1 saturated heterocycles. The Balaban J connectivity index is 1.80. The number of nitrogens with one attached hydrogen (secondary N) is 1. The van der Waals surface area contributed by atoms with Crippen LogP contribution in [0.1, 0.15) is 36.9 Å². The highest BCUT2D eigenvalue weighted by atomic mass is 32.2. The van der Waals surface area contributed by atoms with Crippen LogP contribution in [0.25, 0.3) is 0 Å². The van der Waals surface area contributed by atoms with Gasteiger partial charge in [-0.05, 0) is 24.8 Å². The molecule has 0 saturated carbocycles. The van der Waals surface area contributed by atoms with Gasteiger partial charge in [0.05, 0.1) is 18.5 Å². The van der Waals surface area contributed by atoms with Gasteiger partial charge in [-0.1, -0.05) is 13.8 Å². The predicted octanol–water partition coefficient (Wildman–Crippen LogP) is 1.64. The summed E-state index contributed by atoms with van der Waals surface area (Å²) in [5, 5.41) is 3.30. The number of sulfonamides is 1. The first-order chi connectivity index (χ1) is 9.33. The Bertz CT molecular complexity index is 540. The van der Waals surface area contributed by atoms with Crippen molar-refractivity contribution in [3.63, 3.8) is 0 Å². The molecule has 0 aromatic carbocycles. The molecule has 1 atom stereocenters. The van der Waals surface area contributed by atoms with Gasteiger partial charge in [0, 0.05) is 18.5 Å². The summed E-state index contributed by atoms with van der Waals surface area (Å²) in [5.74, 6) is 0.888. The molecule has 0 unspecified atom stereocenters. The van der Waals surface area contributed by atoms with Gasteiger partial charge in [0.25, 0.3) is 0 Å². The van der Waals surface area contributed by atoms with Crippen molar-refractivity contribution >= 4 is 21.4 Å². The second-order valence-electron chi connectivity index (χ2n) is 5.83. The second kappa shape index (κ2) is 6.51. The zero-order valence-corrected chi connectivity index (χ0v) is 13.9. The number of hydrogen-bond donors (Lipinski definition) is 1. The first-order valence-corrected chi connectivity index (χ1v) is 9.72. The van der Waals surface area contributed by atoms with Crippen molar-refractivity contribution in [1.82, 2.24) is 14.6 Å². The minimum atomic E-state index is -3.07. The number of aromatic nitrogens is 1. The number of nitrogens with zero attached hydrogens (tertiary/aromatic N) is 2. The monoisotopic (exact) mass is 317 g/mol. The molecular formula is C13H23N3O2S2. The molecule has 5 nitrogen and oxygen atoms in total. The number of hydrogen-bond acceptors (Lipinski definition) is 5. The molecule has 2 heterocycles. The van der Waals surface area contributed by atoms with Crippen LogP contribution in [-0.2, 0) is 16.6 Å². The highest BCUT2D eigenvalue weighted by Gasteiger charge is 2.24. The Hall–Kier alpha value is -0.500. The molecule has 1 aromatic rings. The molecule has 1 aromatic heterocycles. The molecule has 1 aliphatic rings. The number of thiazole rings is 1. The van der Waals surface area contributed by atoms with Crippen LogP contribution in [0.2, 0.25) is 0 Å².